The minimum atomic E-state index is 0.0126. The van der Waals surface area contributed by atoms with Crippen LogP contribution in [-0.4, -0.2) is 46.4 Å². The van der Waals surface area contributed by atoms with Crippen molar-refractivity contribution >= 4 is 23.5 Å². The lowest BCUT2D eigenvalue weighted by atomic mass is 10.1. The highest BCUT2D eigenvalue weighted by atomic mass is 32.2. The Morgan fingerprint density at radius 3 is 2.58 bits per heavy atom. The Labute approximate surface area is 116 Å². The van der Waals surface area contributed by atoms with E-state index in [0.29, 0.717) is 17.2 Å². The van der Waals surface area contributed by atoms with Crippen LogP contribution in [0.3, 0.4) is 0 Å². The van der Waals surface area contributed by atoms with Gasteiger partial charge in [0.25, 0.3) is 5.91 Å². The third-order valence-corrected chi connectivity index (χ3v) is 4.45. The van der Waals surface area contributed by atoms with Crippen LogP contribution in [0.15, 0.2) is 29.4 Å². The van der Waals surface area contributed by atoms with E-state index in [0.717, 1.165) is 17.9 Å². The van der Waals surface area contributed by atoms with Crippen molar-refractivity contribution in [1.29, 1.82) is 0 Å². The molecule has 6 heteroatoms. The second-order valence-electron chi connectivity index (χ2n) is 4.50. The molecule has 19 heavy (non-hydrogen) atoms. The van der Waals surface area contributed by atoms with Gasteiger partial charge in [-0.25, -0.2) is 0 Å². The fourth-order valence-electron chi connectivity index (χ4n) is 2.04. The maximum Gasteiger partial charge on any atom is 0.253 e. The van der Waals surface area contributed by atoms with Crippen molar-refractivity contribution in [2.24, 2.45) is 10.9 Å². The maximum absolute atomic E-state index is 12.3. The average Bonchev–Trinajstić information content (AvgIpc) is 2.99. The van der Waals surface area contributed by atoms with Gasteiger partial charge >= 0.3 is 0 Å². The van der Waals surface area contributed by atoms with E-state index in [1.54, 1.807) is 29.2 Å². The number of nitrogens with zero attached hydrogens (tertiary/aromatic N) is 2. The summed E-state index contributed by atoms with van der Waals surface area (Å²) < 4.78 is 0. The van der Waals surface area contributed by atoms with Gasteiger partial charge in [0.05, 0.1) is 0 Å². The Kier molecular flexibility index (Phi) is 4.31. The van der Waals surface area contributed by atoms with Gasteiger partial charge in [-0.2, -0.15) is 11.8 Å². The predicted molar refractivity (Wildman–Crippen MR) is 76.8 cm³/mol. The largest absolute Gasteiger partial charge is 0.409 e. The molecular weight excluding hydrogens is 262 g/mol. The van der Waals surface area contributed by atoms with E-state index in [1.807, 2.05) is 18.8 Å². The van der Waals surface area contributed by atoms with E-state index in [4.69, 9.17) is 10.9 Å². The Morgan fingerprint density at radius 1 is 1.42 bits per heavy atom. The predicted octanol–water partition coefficient (Wildman–Crippen LogP) is 1.36. The van der Waals surface area contributed by atoms with E-state index in [-0.39, 0.29) is 11.7 Å². The highest BCUT2D eigenvalue weighted by molar-refractivity contribution is 7.99. The number of nitrogens with two attached hydrogens (primary N) is 1. The lowest BCUT2D eigenvalue weighted by molar-refractivity contribution is 0.0748. The lowest BCUT2D eigenvalue weighted by Crippen LogP contribution is -2.36. The molecule has 1 aromatic rings. The van der Waals surface area contributed by atoms with Gasteiger partial charge in [-0.05, 0) is 24.3 Å². The van der Waals surface area contributed by atoms with Gasteiger partial charge < -0.3 is 15.8 Å². The molecule has 1 fully saturated rings. The van der Waals surface area contributed by atoms with Gasteiger partial charge in [0.15, 0.2) is 5.84 Å². The van der Waals surface area contributed by atoms with E-state index >= 15 is 0 Å². The molecule has 1 aliphatic heterocycles. The summed E-state index contributed by atoms with van der Waals surface area (Å²) in [7, 11) is 1.84. The van der Waals surface area contributed by atoms with Crippen molar-refractivity contribution in [3.8, 4) is 0 Å². The second-order valence-corrected chi connectivity index (χ2v) is 5.65. The molecule has 0 aliphatic carbocycles. The zero-order chi connectivity index (χ0) is 13.8. The summed E-state index contributed by atoms with van der Waals surface area (Å²) in [5.74, 6) is 2.17. The van der Waals surface area contributed by atoms with Crippen LogP contribution in [0.25, 0.3) is 0 Å². The Bertz CT molecular complexity index is 481. The van der Waals surface area contributed by atoms with Gasteiger partial charge in [-0.15, -0.1) is 0 Å². The normalized spacial score (nSPS) is 19.4. The van der Waals surface area contributed by atoms with Crippen molar-refractivity contribution in [2.45, 2.75) is 12.5 Å². The molecule has 1 saturated heterocycles. The molecule has 1 aromatic carbocycles. The topological polar surface area (TPSA) is 78.9 Å². The van der Waals surface area contributed by atoms with Crippen LogP contribution in [0.2, 0.25) is 0 Å². The number of carbonyl (C=O) groups is 1. The summed E-state index contributed by atoms with van der Waals surface area (Å²) >= 11 is 1.88. The monoisotopic (exact) mass is 279 g/mol. The Morgan fingerprint density at radius 2 is 2.05 bits per heavy atom. The molecule has 2 rings (SSSR count). The third-order valence-electron chi connectivity index (χ3n) is 3.31. The molecule has 1 atom stereocenters. The van der Waals surface area contributed by atoms with Gasteiger partial charge in [-0.3, -0.25) is 4.79 Å². The summed E-state index contributed by atoms with van der Waals surface area (Å²) in [4.78, 5) is 14.1. The summed E-state index contributed by atoms with van der Waals surface area (Å²) in [5.41, 5.74) is 6.70. The smallest absolute Gasteiger partial charge is 0.253 e. The second kappa shape index (κ2) is 5.97. The van der Waals surface area contributed by atoms with Crippen LogP contribution in [0.1, 0.15) is 22.3 Å². The van der Waals surface area contributed by atoms with Crippen LogP contribution >= 0.6 is 11.8 Å². The molecule has 1 heterocycles. The molecule has 5 nitrogen and oxygen atoms in total. The average molecular weight is 279 g/mol. The van der Waals surface area contributed by atoms with Crippen LogP contribution in [0.5, 0.6) is 0 Å². The first-order valence-corrected chi connectivity index (χ1v) is 7.22. The molecule has 0 spiro atoms. The minimum Gasteiger partial charge on any atom is -0.409 e. The van der Waals surface area contributed by atoms with Gasteiger partial charge in [0.2, 0.25) is 0 Å². The molecular formula is C13H17N3O2S. The summed E-state index contributed by atoms with van der Waals surface area (Å²) in [6, 6.07) is 7.09. The number of hydrogen-bond donors (Lipinski definition) is 2. The van der Waals surface area contributed by atoms with Crippen LogP contribution in [-0.2, 0) is 0 Å². The molecule has 0 saturated carbocycles. The molecule has 0 aromatic heterocycles. The first kappa shape index (κ1) is 13.7. The number of hydrogen-bond acceptors (Lipinski definition) is 4. The third kappa shape index (κ3) is 3.01. The van der Waals surface area contributed by atoms with Crippen molar-refractivity contribution in [2.75, 3.05) is 18.6 Å². The van der Waals surface area contributed by atoms with Crippen molar-refractivity contribution < 1.29 is 10.0 Å². The van der Waals surface area contributed by atoms with Gasteiger partial charge in [-0.1, -0.05) is 17.3 Å². The van der Waals surface area contributed by atoms with Crippen LogP contribution in [0, 0.1) is 0 Å². The lowest BCUT2D eigenvalue weighted by Gasteiger charge is -2.23. The molecule has 102 valence electrons. The van der Waals surface area contributed by atoms with Crippen molar-refractivity contribution in [1.82, 2.24) is 4.90 Å². The first-order chi connectivity index (χ1) is 9.13. The van der Waals surface area contributed by atoms with Crippen molar-refractivity contribution in [3.05, 3.63) is 35.4 Å². The quantitative estimate of drug-likeness (QED) is 0.379. The highest BCUT2D eigenvalue weighted by Gasteiger charge is 2.24. The highest BCUT2D eigenvalue weighted by Crippen LogP contribution is 2.22. The molecule has 0 radical (unpaired) electrons. The maximum atomic E-state index is 12.3. The first-order valence-electron chi connectivity index (χ1n) is 6.06. The summed E-state index contributed by atoms with van der Waals surface area (Å²) in [6.07, 6.45) is 1.05. The van der Waals surface area contributed by atoms with Gasteiger partial charge in [0, 0.05) is 30.0 Å². The number of oxime groups is 1. The zero-order valence-electron chi connectivity index (χ0n) is 10.7. The Balaban J connectivity index is 2.11. The molecule has 3 N–H and O–H groups in total. The minimum absolute atomic E-state index is 0.0126. The molecule has 1 unspecified atom stereocenters. The zero-order valence-corrected chi connectivity index (χ0v) is 11.6. The van der Waals surface area contributed by atoms with E-state index in [1.165, 1.54) is 0 Å². The molecule has 1 amide bonds. The number of rotatable bonds is 3. The number of thioether (sulfide) groups is 1. The van der Waals surface area contributed by atoms with E-state index < -0.39 is 0 Å². The fourth-order valence-corrected chi connectivity index (χ4v) is 3.31. The number of amides is 1. The van der Waals surface area contributed by atoms with E-state index in [9.17, 15) is 4.79 Å². The Hall–Kier alpha value is -1.69. The van der Waals surface area contributed by atoms with E-state index in [2.05, 4.69) is 5.16 Å². The SMILES string of the molecule is CN(C(=O)c1ccc(/C(N)=N/O)cc1)C1CCSC1. The summed E-state index contributed by atoms with van der Waals surface area (Å²) in [6.45, 7) is 0. The summed E-state index contributed by atoms with van der Waals surface area (Å²) in [5, 5.41) is 11.5. The van der Waals surface area contributed by atoms with Crippen LogP contribution in [0.4, 0.5) is 0 Å². The van der Waals surface area contributed by atoms with Crippen molar-refractivity contribution in [3.63, 3.8) is 0 Å². The fraction of sp³-hybridized carbons (Fsp3) is 0.385. The van der Waals surface area contributed by atoms with Crippen LogP contribution < -0.4 is 5.73 Å². The standard InChI is InChI=1S/C13H17N3O2S/c1-16(11-6-7-19-8-11)13(17)10-4-2-9(3-5-10)12(14)15-18/h2-5,11,18H,6-8H2,1H3,(H2,14,15). The number of amidine groups is 1. The van der Waals surface area contributed by atoms with Gasteiger partial charge in [0.1, 0.15) is 0 Å². The number of benzene rings is 1. The molecule has 1 aliphatic rings. The molecule has 0 bridgehead atoms. The number of carbonyl (C=O) groups excluding carboxylic acids is 1.